The zero-order valence-corrected chi connectivity index (χ0v) is 7.51. The van der Waals surface area contributed by atoms with Gasteiger partial charge in [0.2, 0.25) is 0 Å². The van der Waals surface area contributed by atoms with Crippen molar-refractivity contribution >= 4 is 5.97 Å². The fourth-order valence-corrected chi connectivity index (χ4v) is 1.81. The van der Waals surface area contributed by atoms with E-state index in [-0.39, 0.29) is 0 Å². The predicted octanol–water partition coefficient (Wildman–Crippen LogP) is 1.67. The van der Waals surface area contributed by atoms with Gasteiger partial charge in [-0.15, -0.1) is 0 Å². The van der Waals surface area contributed by atoms with Crippen LogP contribution in [0.15, 0.2) is 0 Å². The van der Waals surface area contributed by atoms with E-state index in [1.807, 2.05) is 6.92 Å². The van der Waals surface area contributed by atoms with Crippen molar-refractivity contribution in [2.75, 3.05) is 13.2 Å². The zero-order valence-electron chi connectivity index (χ0n) is 7.51. The molecule has 12 heavy (non-hydrogen) atoms. The van der Waals surface area contributed by atoms with E-state index >= 15 is 0 Å². The Morgan fingerprint density at radius 2 is 2.08 bits per heavy atom. The second kappa shape index (κ2) is 3.90. The number of aliphatic carboxylic acids is 1. The fourth-order valence-electron chi connectivity index (χ4n) is 1.81. The summed E-state index contributed by atoms with van der Waals surface area (Å²) in [5.41, 5.74) is -0.479. The van der Waals surface area contributed by atoms with Gasteiger partial charge in [0.25, 0.3) is 0 Å². The highest BCUT2D eigenvalue weighted by atomic mass is 16.5. The molecule has 0 aromatic rings. The van der Waals surface area contributed by atoms with Crippen LogP contribution >= 0.6 is 0 Å². The highest BCUT2D eigenvalue weighted by Gasteiger charge is 2.38. The Hall–Kier alpha value is -0.570. The van der Waals surface area contributed by atoms with Gasteiger partial charge in [-0.1, -0.05) is 13.3 Å². The van der Waals surface area contributed by atoms with Crippen LogP contribution in [0.25, 0.3) is 0 Å². The normalized spacial score (nSPS) is 22.1. The molecule has 1 saturated heterocycles. The smallest absolute Gasteiger partial charge is 0.309 e. The fraction of sp³-hybridized carbons (Fsp3) is 0.889. The molecule has 70 valence electrons. The number of hydrogen-bond donors (Lipinski definition) is 1. The molecule has 0 atom stereocenters. The van der Waals surface area contributed by atoms with E-state index in [0.29, 0.717) is 26.1 Å². The maximum absolute atomic E-state index is 11.0. The van der Waals surface area contributed by atoms with Crippen molar-refractivity contribution in [3.63, 3.8) is 0 Å². The standard InChI is InChI=1S/C9H16O3/c1-2-3-9(8(10)11)4-6-12-7-5-9/h2-7H2,1H3,(H,10,11). The largest absolute Gasteiger partial charge is 0.481 e. The summed E-state index contributed by atoms with van der Waals surface area (Å²) in [7, 11) is 0. The van der Waals surface area contributed by atoms with Gasteiger partial charge in [-0.05, 0) is 19.3 Å². The molecule has 1 aliphatic rings. The van der Waals surface area contributed by atoms with Crippen LogP contribution in [0.2, 0.25) is 0 Å². The summed E-state index contributed by atoms with van der Waals surface area (Å²) in [5.74, 6) is -0.646. The third-order valence-corrected chi connectivity index (χ3v) is 2.63. The SMILES string of the molecule is CCCC1(C(=O)O)CCOCC1. The number of rotatable bonds is 3. The van der Waals surface area contributed by atoms with Crippen LogP contribution in [-0.4, -0.2) is 24.3 Å². The first-order valence-electron chi connectivity index (χ1n) is 4.52. The summed E-state index contributed by atoms with van der Waals surface area (Å²) in [6.07, 6.45) is 3.07. The molecule has 0 aromatic heterocycles. The molecule has 0 aromatic carbocycles. The van der Waals surface area contributed by atoms with Crippen LogP contribution in [-0.2, 0) is 9.53 Å². The summed E-state index contributed by atoms with van der Waals surface area (Å²) in [5, 5.41) is 9.06. The quantitative estimate of drug-likeness (QED) is 0.704. The highest BCUT2D eigenvalue weighted by molar-refractivity contribution is 5.74. The number of carboxylic acid groups (broad SMARTS) is 1. The summed E-state index contributed by atoms with van der Waals surface area (Å²) < 4.78 is 5.16. The molecule has 3 nitrogen and oxygen atoms in total. The summed E-state index contributed by atoms with van der Waals surface area (Å²) >= 11 is 0. The van der Waals surface area contributed by atoms with Gasteiger partial charge >= 0.3 is 5.97 Å². The molecule has 1 aliphatic heterocycles. The average Bonchev–Trinajstić information content (AvgIpc) is 2.06. The number of hydrogen-bond acceptors (Lipinski definition) is 2. The monoisotopic (exact) mass is 172 g/mol. The van der Waals surface area contributed by atoms with E-state index in [0.717, 1.165) is 12.8 Å². The lowest BCUT2D eigenvalue weighted by atomic mass is 9.77. The van der Waals surface area contributed by atoms with E-state index in [9.17, 15) is 4.79 Å². The van der Waals surface area contributed by atoms with Crippen molar-refractivity contribution in [2.45, 2.75) is 32.6 Å². The summed E-state index contributed by atoms with van der Waals surface area (Å²) in [4.78, 5) is 11.0. The molecule has 1 N–H and O–H groups in total. The number of carbonyl (C=O) groups is 1. The van der Waals surface area contributed by atoms with Gasteiger partial charge in [-0.25, -0.2) is 0 Å². The molecule has 0 saturated carbocycles. The molecule has 0 unspecified atom stereocenters. The minimum absolute atomic E-state index is 0.479. The third kappa shape index (κ3) is 1.78. The van der Waals surface area contributed by atoms with Gasteiger partial charge in [0, 0.05) is 13.2 Å². The van der Waals surface area contributed by atoms with Crippen molar-refractivity contribution in [1.29, 1.82) is 0 Å². The Morgan fingerprint density at radius 3 is 2.50 bits per heavy atom. The maximum Gasteiger partial charge on any atom is 0.309 e. The van der Waals surface area contributed by atoms with Gasteiger partial charge in [0.15, 0.2) is 0 Å². The van der Waals surface area contributed by atoms with Crippen molar-refractivity contribution in [2.24, 2.45) is 5.41 Å². The average molecular weight is 172 g/mol. The lowest BCUT2D eigenvalue weighted by molar-refractivity contribution is -0.155. The van der Waals surface area contributed by atoms with Crippen LogP contribution in [0.3, 0.4) is 0 Å². The Bertz CT molecular complexity index is 154. The van der Waals surface area contributed by atoms with Gasteiger partial charge in [-0.3, -0.25) is 4.79 Å². The Balaban J connectivity index is 2.63. The zero-order chi connectivity index (χ0) is 9.03. The van der Waals surface area contributed by atoms with E-state index in [1.165, 1.54) is 0 Å². The number of ether oxygens (including phenoxy) is 1. The molecule has 0 amide bonds. The molecule has 3 heteroatoms. The molecule has 0 bridgehead atoms. The van der Waals surface area contributed by atoms with Gasteiger partial charge < -0.3 is 9.84 Å². The Labute approximate surface area is 72.7 Å². The lowest BCUT2D eigenvalue weighted by Gasteiger charge is -2.32. The minimum Gasteiger partial charge on any atom is -0.481 e. The molecule has 0 radical (unpaired) electrons. The van der Waals surface area contributed by atoms with Crippen LogP contribution in [0.5, 0.6) is 0 Å². The molecule has 1 fully saturated rings. The lowest BCUT2D eigenvalue weighted by Crippen LogP contribution is -2.37. The van der Waals surface area contributed by atoms with Crippen LogP contribution in [0.1, 0.15) is 32.6 Å². The van der Waals surface area contributed by atoms with Gasteiger partial charge in [0.05, 0.1) is 5.41 Å². The first-order chi connectivity index (χ1) is 5.71. The molecular formula is C9H16O3. The molecular weight excluding hydrogens is 156 g/mol. The predicted molar refractivity (Wildman–Crippen MR) is 45.0 cm³/mol. The number of carboxylic acids is 1. The van der Waals surface area contributed by atoms with Crippen molar-refractivity contribution in [3.05, 3.63) is 0 Å². The summed E-state index contributed by atoms with van der Waals surface area (Å²) in [6, 6.07) is 0. The second-order valence-electron chi connectivity index (χ2n) is 3.45. The van der Waals surface area contributed by atoms with E-state index in [2.05, 4.69) is 0 Å². The minimum atomic E-state index is -0.646. The Morgan fingerprint density at radius 1 is 1.50 bits per heavy atom. The van der Waals surface area contributed by atoms with E-state index in [1.54, 1.807) is 0 Å². The molecule has 1 heterocycles. The van der Waals surface area contributed by atoms with Crippen molar-refractivity contribution in [3.8, 4) is 0 Å². The topological polar surface area (TPSA) is 46.5 Å². The van der Waals surface area contributed by atoms with E-state index in [4.69, 9.17) is 9.84 Å². The van der Waals surface area contributed by atoms with Crippen molar-refractivity contribution < 1.29 is 14.6 Å². The first kappa shape index (κ1) is 9.52. The Kier molecular flexibility index (Phi) is 3.09. The first-order valence-corrected chi connectivity index (χ1v) is 4.52. The maximum atomic E-state index is 11.0. The van der Waals surface area contributed by atoms with Gasteiger partial charge in [0.1, 0.15) is 0 Å². The highest BCUT2D eigenvalue weighted by Crippen LogP contribution is 2.35. The van der Waals surface area contributed by atoms with Crippen LogP contribution < -0.4 is 0 Å². The molecule has 1 rings (SSSR count). The van der Waals surface area contributed by atoms with Crippen LogP contribution in [0.4, 0.5) is 0 Å². The van der Waals surface area contributed by atoms with Crippen molar-refractivity contribution in [1.82, 2.24) is 0 Å². The molecule has 0 aliphatic carbocycles. The van der Waals surface area contributed by atoms with Crippen LogP contribution in [0, 0.1) is 5.41 Å². The summed E-state index contributed by atoms with van der Waals surface area (Å²) in [6.45, 7) is 3.23. The van der Waals surface area contributed by atoms with Gasteiger partial charge in [-0.2, -0.15) is 0 Å². The molecule has 0 spiro atoms. The third-order valence-electron chi connectivity index (χ3n) is 2.63. The van der Waals surface area contributed by atoms with E-state index < -0.39 is 11.4 Å². The second-order valence-corrected chi connectivity index (χ2v) is 3.45.